The number of alkyl halides is 1. The van der Waals surface area contributed by atoms with E-state index in [0.717, 1.165) is 23.2 Å². The second-order valence-corrected chi connectivity index (χ2v) is 6.95. The van der Waals surface area contributed by atoms with Gasteiger partial charge in [-0.2, -0.15) is 0 Å². The van der Waals surface area contributed by atoms with E-state index in [1.54, 1.807) is 0 Å². The summed E-state index contributed by atoms with van der Waals surface area (Å²) < 4.78 is 6.74. The Bertz CT molecular complexity index is 379. The third kappa shape index (κ3) is 6.64. The average Bonchev–Trinajstić information content (AvgIpc) is 2.32. The van der Waals surface area contributed by atoms with Crippen LogP contribution in [0.1, 0.15) is 27.2 Å². The predicted octanol–water partition coefficient (Wildman–Crippen LogP) is 4.46. The van der Waals surface area contributed by atoms with Crippen LogP contribution in [0.2, 0.25) is 0 Å². The molecule has 0 saturated carbocycles. The molecule has 0 aliphatic heterocycles. The Labute approximate surface area is 130 Å². The Hall–Kier alpha value is -0.250. The molecule has 2 nitrogen and oxygen atoms in total. The highest BCUT2D eigenvalue weighted by Crippen LogP contribution is 2.22. The molecule has 0 heterocycles. The summed E-state index contributed by atoms with van der Waals surface area (Å²) in [6, 6.07) is 8.31. The highest BCUT2D eigenvalue weighted by atomic mass is 79.9. The fraction of sp³-hybridized carbons (Fsp3) is 0.600. The van der Waals surface area contributed by atoms with Crippen molar-refractivity contribution < 1.29 is 4.74 Å². The zero-order chi connectivity index (χ0) is 14.3. The fourth-order valence-electron chi connectivity index (χ4n) is 1.91. The number of hydrogen-bond acceptors (Lipinski definition) is 2. The monoisotopic (exact) mass is 347 g/mol. The summed E-state index contributed by atoms with van der Waals surface area (Å²) in [4.78, 5) is 0. The minimum absolute atomic E-state index is 0.213. The van der Waals surface area contributed by atoms with Crippen LogP contribution < -0.4 is 10.1 Å². The smallest absolute Gasteiger partial charge is 0.120 e. The first kappa shape index (κ1) is 16.8. The lowest BCUT2D eigenvalue weighted by Crippen LogP contribution is -2.42. The van der Waals surface area contributed by atoms with E-state index in [2.05, 4.69) is 42.0 Å². The van der Waals surface area contributed by atoms with Gasteiger partial charge >= 0.3 is 0 Å². The highest BCUT2D eigenvalue weighted by Gasteiger charge is 2.23. The zero-order valence-corrected chi connectivity index (χ0v) is 14.2. The Morgan fingerprint density at radius 3 is 2.68 bits per heavy atom. The Morgan fingerprint density at radius 1 is 1.37 bits per heavy atom. The van der Waals surface area contributed by atoms with Gasteiger partial charge in [-0.05, 0) is 30.0 Å². The van der Waals surface area contributed by atoms with Gasteiger partial charge in [-0.3, -0.25) is 0 Å². The topological polar surface area (TPSA) is 21.3 Å². The molecule has 108 valence electrons. The van der Waals surface area contributed by atoms with Crippen LogP contribution in [0.4, 0.5) is 0 Å². The molecule has 0 bridgehead atoms. The van der Waals surface area contributed by atoms with Crippen LogP contribution in [0.15, 0.2) is 28.7 Å². The van der Waals surface area contributed by atoms with Crippen molar-refractivity contribution in [3.8, 4) is 5.75 Å². The number of rotatable bonds is 7. The molecule has 1 aromatic carbocycles. The van der Waals surface area contributed by atoms with Crippen LogP contribution in [0, 0.1) is 5.41 Å². The van der Waals surface area contributed by atoms with E-state index < -0.39 is 0 Å². The maximum absolute atomic E-state index is 5.85. The van der Waals surface area contributed by atoms with Gasteiger partial charge in [-0.1, -0.05) is 42.8 Å². The van der Waals surface area contributed by atoms with E-state index in [1.165, 1.54) is 0 Å². The minimum atomic E-state index is 0.213. The highest BCUT2D eigenvalue weighted by molar-refractivity contribution is 9.10. The molecule has 1 N–H and O–H groups in total. The Kier molecular flexibility index (Phi) is 7.19. The third-order valence-corrected chi connectivity index (χ3v) is 3.71. The largest absolute Gasteiger partial charge is 0.492 e. The van der Waals surface area contributed by atoms with Crippen molar-refractivity contribution in [2.75, 3.05) is 19.0 Å². The van der Waals surface area contributed by atoms with Crippen molar-refractivity contribution in [1.82, 2.24) is 5.32 Å². The van der Waals surface area contributed by atoms with Crippen LogP contribution in [-0.4, -0.2) is 25.1 Å². The first-order chi connectivity index (χ1) is 8.93. The molecular formula is C15H23BrClNO. The molecule has 0 amide bonds. The molecule has 0 spiro atoms. The van der Waals surface area contributed by atoms with Crippen molar-refractivity contribution in [2.45, 2.75) is 33.2 Å². The summed E-state index contributed by atoms with van der Waals surface area (Å²) in [5, 5.41) is 3.52. The number of halogens is 2. The predicted molar refractivity (Wildman–Crippen MR) is 86.2 cm³/mol. The molecule has 0 radical (unpaired) electrons. The molecule has 1 atom stereocenters. The van der Waals surface area contributed by atoms with Gasteiger partial charge in [0.2, 0.25) is 0 Å². The van der Waals surface area contributed by atoms with E-state index in [1.807, 2.05) is 24.3 Å². The van der Waals surface area contributed by atoms with Crippen molar-refractivity contribution in [3.05, 3.63) is 28.7 Å². The van der Waals surface area contributed by atoms with E-state index in [4.69, 9.17) is 16.3 Å². The maximum Gasteiger partial charge on any atom is 0.120 e. The summed E-state index contributed by atoms with van der Waals surface area (Å²) in [5.74, 6) is 1.57. The average molecular weight is 349 g/mol. The van der Waals surface area contributed by atoms with E-state index in [9.17, 15) is 0 Å². The number of nitrogens with one attached hydrogen (secondary N) is 1. The quantitative estimate of drug-likeness (QED) is 0.580. The first-order valence-electron chi connectivity index (χ1n) is 6.61. The van der Waals surface area contributed by atoms with Gasteiger partial charge in [0, 0.05) is 22.9 Å². The van der Waals surface area contributed by atoms with Crippen LogP contribution in [0.25, 0.3) is 0 Å². The first-order valence-corrected chi connectivity index (χ1v) is 7.94. The molecule has 0 aromatic heterocycles. The van der Waals surface area contributed by atoms with Gasteiger partial charge in [0.05, 0.1) is 0 Å². The molecule has 0 fully saturated rings. The van der Waals surface area contributed by atoms with Crippen molar-refractivity contribution in [1.29, 1.82) is 0 Å². The summed E-state index contributed by atoms with van der Waals surface area (Å²) in [6.45, 7) is 8.17. The summed E-state index contributed by atoms with van der Waals surface area (Å²) >= 11 is 9.28. The van der Waals surface area contributed by atoms with Crippen molar-refractivity contribution in [3.63, 3.8) is 0 Å². The Balaban J connectivity index is 2.33. The number of benzene rings is 1. The SMILES string of the molecule is CC(C)(C)C(CCCl)NCCOc1cccc(Br)c1. The van der Waals surface area contributed by atoms with Gasteiger partial charge in [-0.15, -0.1) is 11.6 Å². The van der Waals surface area contributed by atoms with Gasteiger partial charge < -0.3 is 10.1 Å². The molecule has 0 aliphatic carbocycles. The van der Waals surface area contributed by atoms with E-state index in [-0.39, 0.29) is 5.41 Å². The number of ether oxygens (including phenoxy) is 1. The third-order valence-electron chi connectivity index (χ3n) is 3.00. The summed E-state index contributed by atoms with van der Waals surface area (Å²) in [6.07, 6.45) is 0.974. The normalized spacial score (nSPS) is 13.3. The maximum atomic E-state index is 5.85. The summed E-state index contributed by atoms with van der Waals surface area (Å²) in [5.41, 5.74) is 0.213. The van der Waals surface area contributed by atoms with Gasteiger partial charge in [0.1, 0.15) is 12.4 Å². The van der Waals surface area contributed by atoms with Gasteiger partial charge in [-0.25, -0.2) is 0 Å². The molecule has 0 aliphatic rings. The fourth-order valence-corrected chi connectivity index (χ4v) is 2.51. The number of hydrogen-bond donors (Lipinski definition) is 1. The minimum Gasteiger partial charge on any atom is -0.492 e. The lowest BCUT2D eigenvalue weighted by molar-refractivity contribution is 0.237. The van der Waals surface area contributed by atoms with Crippen LogP contribution in [0.3, 0.4) is 0 Å². The Morgan fingerprint density at radius 2 is 2.11 bits per heavy atom. The molecule has 1 unspecified atom stereocenters. The zero-order valence-electron chi connectivity index (χ0n) is 11.9. The molecule has 1 aromatic rings. The molecule has 4 heteroatoms. The lowest BCUT2D eigenvalue weighted by Gasteiger charge is -2.31. The second-order valence-electron chi connectivity index (χ2n) is 5.66. The van der Waals surface area contributed by atoms with E-state index >= 15 is 0 Å². The molecular weight excluding hydrogens is 326 g/mol. The lowest BCUT2D eigenvalue weighted by atomic mass is 9.85. The molecule has 1 rings (SSSR count). The second kappa shape index (κ2) is 8.13. The van der Waals surface area contributed by atoms with Gasteiger partial charge in [0.15, 0.2) is 0 Å². The van der Waals surface area contributed by atoms with E-state index in [0.29, 0.717) is 18.5 Å². The molecule has 19 heavy (non-hydrogen) atoms. The van der Waals surface area contributed by atoms with Gasteiger partial charge in [0.25, 0.3) is 0 Å². The van der Waals surface area contributed by atoms with Crippen LogP contribution >= 0.6 is 27.5 Å². The van der Waals surface area contributed by atoms with Crippen LogP contribution in [0.5, 0.6) is 5.75 Å². The standard InChI is InChI=1S/C15H23BrClNO/c1-15(2,3)14(7-8-17)18-9-10-19-13-6-4-5-12(16)11-13/h4-6,11,14,18H,7-10H2,1-3H3. The summed E-state index contributed by atoms with van der Waals surface area (Å²) in [7, 11) is 0. The molecule has 0 saturated heterocycles. The van der Waals surface area contributed by atoms with Crippen molar-refractivity contribution >= 4 is 27.5 Å². The van der Waals surface area contributed by atoms with Crippen molar-refractivity contribution in [2.24, 2.45) is 5.41 Å². The van der Waals surface area contributed by atoms with Crippen LogP contribution in [-0.2, 0) is 0 Å².